The fraction of sp³-hybridized carbons (Fsp3) is 0.818. The van der Waals surface area contributed by atoms with Crippen molar-refractivity contribution in [2.45, 2.75) is 39.0 Å². The first-order valence-electron chi connectivity index (χ1n) is 5.44. The lowest BCUT2D eigenvalue weighted by atomic mass is 9.96. The number of rotatable bonds is 1. The maximum Gasteiger partial charge on any atom is 0.187 e. The van der Waals surface area contributed by atoms with E-state index < -0.39 is 0 Å². The molecule has 0 spiro atoms. The van der Waals surface area contributed by atoms with Crippen LogP contribution in [0.3, 0.4) is 0 Å². The van der Waals surface area contributed by atoms with Crippen LogP contribution < -0.4 is 0 Å². The van der Waals surface area contributed by atoms with Crippen LogP contribution in [0, 0.1) is 0 Å². The smallest absolute Gasteiger partial charge is 0.0702 e. The Morgan fingerprint density at radius 1 is 1.23 bits per heavy atom. The quantitative estimate of drug-likeness (QED) is 0.603. The molecule has 1 aliphatic carbocycles. The van der Waals surface area contributed by atoms with Crippen LogP contribution in [0.1, 0.15) is 39.0 Å². The zero-order valence-electron chi connectivity index (χ0n) is 8.47. The average Bonchev–Trinajstić information content (AvgIpc) is 2.67. The third-order valence-corrected chi connectivity index (χ3v) is 7.40. The van der Waals surface area contributed by atoms with Crippen molar-refractivity contribution in [2.24, 2.45) is 0 Å². The van der Waals surface area contributed by atoms with E-state index in [-0.39, 0.29) is 0 Å². The molecule has 2 heteroatoms. The number of allylic oxidation sites excluding steroid dienone is 1. The van der Waals surface area contributed by atoms with E-state index in [9.17, 15) is 0 Å². The third-order valence-electron chi connectivity index (χ3n) is 2.92. The van der Waals surface area contributed by atoms with E-state index >= 15 is 0 Å². The molecule has 2 fully saturated rings. The van der Waals surface area contributed by atoms with Gasteiger partial charge in [-0.1, -0.05) is 18.2 Å². The SMILES string of the molecule is CC[S+]1CCSC1=C1CCCCC1. The molecule has 1 saturated carbocycles. The Labute approximate surface area is 88.9 Å². The van der Waals surface area contributed by atoms with Gasteiger partial charge >= 0.3 is 0 Å². The van der Waals surface area contributed by atoms with Gasteiger partial charge < -0.3 is 0 Å². The van der Waals surface area contributed by atoms with Crippen molar-refractivity contribution < 1.29 is 0 Å². The number of thioether (sulfide) groups is 1. The molecule has 0 aromatic rings. The van der Waals surface area contributed by atoms with Gasteiger partial charge in [0, 0.05) is 16.6 Å². The zero-order valence-corrected chi connectivity index (χ0v) is 10.1. The molecule has 1 saturated heterocycles. The van der Waals surface area contributed by atoms with E-state index in [1.807, 2.05) is 9.81 Å². The number of hydrogen-bond donors (Lipinski definition) is 0. The first-order valence-corrected chi connectivity index (χ1v) is 7.99. The highest BCUT2D eigenvalue weighted by molar-refractivity contribution is 8.23. The van der Waals surface area contributed by atoms with E-state index in [1.165, 1.54) is 49.4 Å². The van der Waals surface area contributed by atoms with Crippen molar-refractivity contribution in [1.82, 2.24) is 0 Å². The van der Waals surface area contributed by atoms with Crippen LogP contribution in [0.25, 0.3) is 0 Å². The molecule has 0 N–H and O–H groups in total. The van der Waals surface area contributed by atoms with Crippen LogP contribution >= 0.6 is 11.8 Å². The molecule has 74 valence electrons. The topological polar surface area (TPSA) is 0 Å². The molecular formula is C11H19S2+. The van der Waals surface area contributed by atoms with Gasteiger partial charge in [0.05, 0.1) is 0 Å². The molecule has 1 aliphatic heterocycles. The summed E-state index contributed by atoms with van der Waals surface area (Å²) in [6.07, 6.45) is 7.24. The maximum absolute atomic E-state index is 2.36. The Morgan fingerprint density at radius 3 is 2.69 bits per heavy atom. The highest BCUT2D eigenvalue weighted by Crippen LogP contribution is 2.39. The van der Waals surface area contributed by atoms with Gasteiger partial charge in [0.25, 0.3) is 0 Å². The molecule has 2 aliphatic rings. The average molecular weight is 215 g/mol. The molecule has 1 atom stereocenters. The molecule has 0 bridgehead atoms. The van der Waals surface area contributed by atoms with Crippen LogP contribution in [0.2, 0.25) is 0 Å². The molecular weight excluding hydrogens is 196 g/mol. The van der Waals surface area contributed by atoms with Crippen molar-refractivity contribution >= 4 is 22.7 Å². The van der Waals surface area contributed by atoms with Gasteiger partial charge in [-0.25, -0.2) is 0 Å². The van der Waals surface area contributed by atoms with Gasteiger partial charge in [-0.2, -0.15) is 0 Å². The lowest BCUT2D eigenvalue weighted by molar-refractivity contribution is 0.599. The molecule has 0 aromatic carbocycles. The molecule has 1 unspecified atom stereocenters. The summed E-state index contributed by atoms with van der Waals surface area (Å²) in [5.41, 5.74) is 1.85. The van der Waals surface area contributed by atoms with Crippen molar-refractivity contribution in [2.75, 3.05) is 17.3 Å². The molecule has 2 rings (SSSR count). The van der Waals surface area contributed by atoms with Gasteiger partial charge in [-0.3, -0.25) is 0 Å². The molecule has 0 amide bonds. The van der Waals surface area contributed by atoms with Crippen LogP contribution in [0.15, 0.2) is 9.81 Å². The van der Waals surface area contributed by atoms with Crippen molar-refractivity contribution in [3.05, 3.63) is 9.81 Å². The van der Waals surface area contributed by atoms with E-state index in [4.69, 9.17) is 0 Å². The van der Waals surface area contributed by atoms with E-state index in [0.717, 1.165) is 0 Å². The van der Waals surface area contributed by atoms with Crippen molar-refractivity contribution in [3.63, 3.8) is 0 Å². The zero-order chi connectivity index (χ0) is 9.10. The highest BCUT2D eigenvalue weighted by Gasteiger charge is 2.33. The minimum atomic E-state index is 0.673. The fourth-order valence-electron chi connectivity index (χ4n) is 2.18. The van der Waals surface area contributed by atoms with E-state index in [0.29, 0.717) is 10.9 Å². The standard InChI is InChI=1S/C11H19S2/c1-2-13-9-8-12-11(13)10-6-4-3-5-7-10/h2-9H2,1H3/q+1. The minimum absolute atomic E-state index is 0.673. The van der Waals surface area contributed by atoms with Gasteiger partial charge in [-0.05, 0) is 38.2 Å². The van der Waals surface area contributed by atoms with E-state index in [1.54, 1.807) is 0 Å². The summed E-state index contributed by atoms with van der Waals surface area (Å²) in [6, 6.07) is 0. The Kier molecular flexibility index (Phi) is 3.67. The highest BCUT2D eigenvalue weighted by atomic mass is 32.2. The first kappa shape index (κ1) is 9.97. The second kappa shape index (κ2) is 4.79. The van der Waals surface area contributed by atoms with Crippen LogP contribution in [0.4, 0.5) is 0 Å². The van der Waals surface area contributed by atoms with Gasteiger partial charge in [0.1, 0.15) is 11.5 Å². The summed E-state index contributed by atoms with van der Waals surface area (Å²) in [4.78, 5) is 0. The van der Waals surface area contributed by atoms with E-state index in [2.05, 4.69) is 18.7 Å². The Balaban J connectivity index is 2.10. The summed E-state index contributed by atoms with van der Waals surface area (Å²) in [6.45, 7) is 2.36. The monoisotopic (exact) mass is 215 g/mol. The second-order valence-corrected chi connectivity index (χ2v) is 7.53. The predicted molar refractivity (Wildman–Crippen MR) is 65.3 cm³/mol. The summed E-state index contributed by atoms with van der Waals surface area (Å²) in [7, 11) is 0.673. The summed E-state index contributed by atoms with van der Waals surface area (Å²) in [5.74, 6) is 4.27. The molecule has 13 heavy (non-hydrogen) atoms. The van der Waals surface area contributed by atoms with Crippen molar-refractivity contribution in [1.29, 1.82) is 0 Å². The second-order valence-electron chi connectivity index (χ2n) is 3.79. The normalized spacial score (nSPS) is 29.8. The van der Waals surface area contributed by atoms with Gasteiger partial charge in [0.15, 0.2) is 4.24 Å². The minimum Gasteiger partial charge on any atom is -0.0702 e. The number of hydrogen-bond acceptors (Lipinski definition) is 1. The Hall–Kier alpha value is 0.440. The fourth-order valence-corrected chi connectivity index (χ4v) is 6.78. The predicted octanol–water partition coefficient (Wildman–Crippen LogP) is 3.55. The Bertz CT molecular complexity index is 200. The van der Waals surface area contributed by atoms with Crippen LogP contribution in [-0.2, 0) is 10.9 Å². The van der Waals surface area contributed by atoms with Crippen molar-refractivity contribution in [3.8, 4) is 0 Å². The molecule has 0 nitrogen and oxygen atoms in total. The van der Waals surface area contributed by atoms with Gasteiger partial charge in [0.2, 0.25) is 0 Å². The molecule has 0 aromatic heterocycles. The van der Waals surface area contributed by atoms with Crippen LogP contribution in [0.5, 0.6) is 0 Å². The third kappa shape index (κ3) is 2.27. The summed E-state index contributed by atoms with van der Waals surface area (Å²) >= 11 is 2.17. The lowest BCUT2D eigenvalue weighted by Gasteiger charge is -2.14. The van der Waals surface area contributed by atoms with Crippen LogP contribution in [-0.4, -0.2) is 17.3 Å². The summed E-state index contributed by atoms with van der Waals surface area (Å²) in [5, 5.41) is 0. The molecule has 1 heterocycles. The Morgan fingerprint density at radius 2 is 2.00 bits per heavy atom. The first-order chi connectivity index (χ1) is 6.42. The lowest BCUT2D eigenvalue weighted by Crippen LogP contribution is -2.08. The maximum atomic E-state index is 2.36. The summed E-state index contributed by atoms with van der Waals surface area (Å²) < 4.78 is 1.84. The largest absolute Gasteiger partial charge is 0.187 e. The van der Waals surface area contributed by atoms with Gasteiger partial charge in [-0.15, -0.1) is 0 Å². The molecule has 0 radical (unpaired) electrons.